The van der Waals surface area contributed by atoms with Crippen LogP contribution >= 0.6 is 0 Å². The maximum absolute atomic E-state index is 13.5. The van der Waals surface area contributed by atoms with Crippen LogP contribution in [0.2, 0.25) is 0 Å². The lowest BCUT2D eigenvalue weighted by atomic mass is 10.2. The average Bonchev–Trinajstić information content (AvgIpc) is 2.47. The fourth-order valence-electron chi connectivity index (χ4n) is 1.50. The van der Waals surface area contributed by atoms with Crippen molar-refractivity contribution in [3.63, 3.8) is 0 Å². The second-order valence-corrected chi connectivity index (χ2v) is 5.50. The molecule has 0 aliphatic carbocycles. The minimum atomic E-state index is -0.709. The van der Waals surface area contributed by atoms with Crippen molar-refractivity contribution in [1.82, 2.24) is 0 Å². The molecule has 0 aromatic heterocycles. The number of amides is 1. The van der Waals surface area contributed by atoms with Gasteiger partial charge in [0, 0.05) is 7.05 Å². The molecule has 23 heavy (non-hydrogen) atoms. The molecule has 0 bridgehead atoms. The van der Waals surface area contributed by atoms with Crippen LogP contribution in [0.4, 0.5) is 20.6 Å². The Bertz CT molecular complexity index is 694. The number of anilines is 2. The molecule has 0 spiro atoms. The summed E-state index contributed by atoms with van der Waals surface area (Å²) in [6, 6.07) is 6.77. The Morgan fingerprint density at radius 1 is 1.35 bits per heavy atom. The Labute approximate surface area is 133 Å². The summed E-state index contributed by atoms with van der Waals surface area (Å²) in [7, 11) is 1.41. The molecule has 1 aromatic rings. The van der Waals surface area contributed by atoms with Crippen LogP contribution in [0, 0.1) is 28.5 Å². The van der Waals surface area contributed by atoms with E-state index in [2.05, 4.69) is 10.5 Å². The van der Waals surface area contributed by atoms with E-state index in [1.165, 1.54) is 13.1 Å². The fraction of sp³-hybridized carbons (Fsp3) is 0.333. The zero-order valence-electron chi connectivity index (χ0n) is 13.2. The summed E-state index contributed by atoms with van der Waals surface area (Å²) in [6.07, 6.45) is -0.684. The van der Waals surface area contributed by atoms with Crippen molar-refractivity contribution in [2.45, 2.75) is 26.4 Å². The standard InChI is InChI=1S/C15H16FN5O2/c1-15(2,3)23-14(22)21(4)13-7-10(16)5-6-12(13)20-19-11(8-17)9-18/h5-7,20H,1-4H3. The number of halogens is 1. The summed E-state index contributed by atoms with van der Waals surface area (Å²) >= 11 is 0. The van der Waals surface area contributed by atoms with E-state index in [1.54, 1.807) is 32.9 Å². The number of hydrazone groups is 1. The van der Waals surface area contributed by atoms with Gasteiger partial charge in [-0.15, -0.1) is 0 Å². The maximum atomic E-state index is 13.5. The first-order valence-electron chi connectivity index (χ1n) is 6.58. The SMILES string of the molecule is CN(C(=O)OC(C)(C)C)c1cc(F)ccc1NN=C(C#N)C#N. The van der Waals surface area contributed by atoms with E-state index in [9.17, 15) is 9.18 Å². The number of benzene rings is 1. The highest BCUT2D eigenvalue weighted by Crippen LogP contribution is 2.27. The number of nitrogens with one attached hydrogen (secondary N) is 1. The van der Waals surface area contributed by atoms with Crippen molar-refractivity contribution in [2.75, 3.05) is 17.4 Å². The van der Waals surface area contributed by atoms with Crippen molar-refractivity contribution >= 4 is 23.2 Å². The van der Waals surface area contributed by atoms with Crippen LogP contribution < -0.4 is 10.3 Å². The molecule has 0 radical (unpaired) electrons. The highest BCUT2D eigenvalue weighted by Gasteiger charge is 2.22. The molecule has 7 nitrogen and oxygen atoms in total. The lowest BCUT2D eigenvalue weighted by Gasteiger charge is -2.25. The van der Waals surface area contributed by atoms with Crippen molar-refractivity contribution in [3.05, 3.63) is 24.0 Å². The van der Waals surface area contributed by atoms with Gasteiger partial charge in [-0.3, -0.25) is 10.3 Å². The van der Waals surface area contributed by atoms with E-state index < -0.39 is 23.2 Å². The molecule has 0 saturated carbocycles. The van der Waals surface area contributed by atoms with E-state index in [0.717, 1.165) is 17.0 Å². The molecule has 1 amide bonds. The van der Waals surface area contributed by atoms with Crippen LogP contribution in [0.1, 0.15) is 20.8 Å². The number of carbonyl (C=O) groups excluding carboxylic acids is 1. The number of ether oxygens (including phenoxy) is 1. The summed E-state index contributed by atoms with van der Waals surface area (Å²) in [5.74, 6) is -0.564. The van der Waals surface area contributed by atoms with Crippen molar-refractivity contribution in [1.29, 1.82) is 10.5 Å². The Kier molecular flexibility index (Phi) is 5.63. The number of hydrogen-bond acceptors (Lipinski definition) is 6. The van der Waals surface area contributed by atoms with Gasteiger partial charge in [0.05, 0.1) is 11.4 Å². The van der Waals surface area contributed by atoms with Crippen LogP contribution in [-0.4, -0.2) is 24.5 Å². The molecule has 1 N–H and O–H groups in total. The maximum Gasteiger partial charge on any atom is 0.414 e. The molecule has 0 atom stereocenters. The molecule has 1 aromatic carbocycles. The molecule has 8 heteroatoms. The van der Waals surface area contributed by atoms with E-state index in [0.29, 0.717) is 0 Å². The van der Waals surface area contributed by atoms with Gasteiger partial charge in [-0.1, -0.05) is 0 Å². The van der Waals surface area contributed by atoms with Gasteiger partial charge in [0.1, 0.15) is 23.6 Å². The van der Waals surface area contributed by atoms with Crippen LogP contribution in [-0.2, 0) is 4.74 Å². The monoisotopic (exact) mass is 317 g/mol. The fourth-order valence-corrected chi connectivity index (χ4v) is 1.50. The van der Waals surface area contributed by atoms with Gasteiger partial charge in [0.2, 0.25) is 5.71 Å². The molecule has 0 fully saturated rings. The van der Waals surface area contributed by atoms with E-state index in [1.807, 2.05) is 0 Å². The van der Waals surface area contributed by atoms with Crippen LogP contribution in [0.5, 0.6) is 0 Å². The van der Waals surface area contributed by atoms with E-state index in [-0.39, 0.29) is 11.4 Å². The average molecular weight is 317 g/mol. The quantitative estimate of drug-likeness (QED) is 0.682. The minimum Gasteiger partial charge on any atom is -0.443 e. The van der Waals surface area contributed by atoms with Gasteiger partial charge < -0.3 is 4.74 Å². The molecule has 120 valence electrons. The lowest BCUT2D eigenvalue weighted by Crippen LogP contribution is -2.34. The van der Waals surface area contributed by atoms with Gasteiger partial charge in [-0.25, -0.2) is 9.18 Å². The van der Waals surface area contributed by atoms with Gasteiger partial charge in [-0.2, -0.15) is 15.6 Å². The van der Waals surface area contributed by atoms with Crippen LogP contribution in [0.15, 0.2) is 23.3 Å². The summed E-state index contributed by atoms with van der Waals surface area (Å²) < 4.78 is 18.7. The molecule has 0 aliphatic rings. The first-order chi connectivity index (χ1) is 10.7. The number of nitrogens with zero attached hydrogens (tertiary/aromatic N) is 4. The molecule has 0 aliphatic heterocycles. The predicted molar refractivity (Wildman–Crippen MR) is 83.3 cm³/mol. The first kappa shape index (κ1) is 17.9. The molecule has 0 saturated heterocycles. The summed E-state index contributed by atoms with van der Waals surface area (Å²) in [5.41, 5.74) is 1.75. The van der Waals surface area contributed by atoms with Gasteiger partial charge in [-0.05, 0) is 39.0 Å². The zero-order chi connectivity index (χ0) is 17.6. The third-order valence-electron chi connectivity index (χ3n) is 2.49. The Morgan fingerprint density at radius 2 is 1.96 bits per heavy atom. The summed E-state index contributed by atoms with van der Waals surface area (Å²) in [5, 5.41) is 20.9. The highest BCUT2D eigenvalue weighted by atomic mass is 19.1. The first-order valence-corrected chi connectivity index (χ1v) is 6.58. The largest absolute Gasteiger partial charge is 0.443 e. The predicted octanol–water partition coefficient (Wildman–Crippen LogP) is 3.01. The number of hydrogen-bond donors (Lipinski definition) is 1. The smallest absolute Gasteiger partial charge is 0.414 e. The topological polar surface area (TPSA) is 102 Å². The molecule has 0 unspecified atom stereocenters. The molecule has 0 heterocycles. The van der Waals surface area contributed by atoms with Gasteiger partial charge in [0.25, 0.3) is 0 Å². The van der Waals surface area contributed by atoms with Crippen molar-refractivity contribution in [2.24, 2.45) is 5.10 Å². The van der Waals surface area contributed by atoms with Crippen molar-refractivity contribution in [3.8, 4) is 12.1 Å². The molecular weight excluding hydrogens is 301 g/mol. The van der Waals surface area contributed by atoms with Crippen LogP contribution in [0.3, 0.4) is 0 Å². The van der Waals surface area contributed by atoms with Crippen molar-refractivity contribution < 1.29 is 13.9 Å². The summed E-state index contributed by atoms with van der Waals surface area (Å²) in [6.45, 7) is 5.12. The number of carbonyl (C=O) groups is 1. The van der Waals surface area contributed by atoms with E-state index >= 15 is 0 Å². The lowest BCUT2D eigenvalue weighted by molar-refractivity contribution is 0.0589. The van der Waals surface area contributed by atoms with Crippen LogP contribution in [0.25, 0.3) is 0 Å². The van der Waals surface area contributed by atoms with Gasteiger partial charge in [0.15, 0.2) is 0 Å². The second-order valence-electron chi connectivity index (χ2n) is 5.50. The molecular formula is C15H16FN5O2. The van der Waals surface area contributed by atoms with Gasteiger partial charge >= 0.3 is 6.09 Å². The highest BCUT2D eigenvalue weighted by molar-refractivity contribution is 6.10. The Morgan fingerprint density at radius 3 is 2.48 bits per heavy atom. The Balaban J connectivity index is 3.13. The Hall–Kier alpha value is -3.13. The van der Waals surface area contributed by atoms with E-state index in [4.69, 9.17) is 15.3 Å². The minimum absolute atomic E-state index is 0.151. The number of nitriles is 2. The normalized spacial score (nSPS) is 10.0. The second kappa shape index (κ2) is 7.23. The molecule has 1 rings (SSSR count). The third kappa shape index (κ3) is 5.29. The number of rotatable bonds is 3. The third-order valence-corrected chi connectivity index (χ3v) is 2.49. The zero-order valence-corrected chi connectivity index (χ0v) is 13.2. The summed E-state index contributed by atoms with van der Waals surface area (Å²) in [4.78, 5) is 13.2.